The van der Waals surface area contributed by atoms with Gasteiger partial charge in [0.1, 0.15) is 5.82 Å². The van der Waals surface area contributed by atoms with Crippen molar-refractivity contribution in [3.63, 3.8) is 0 Å². The van der Waals surface area contributed by atoms with E-state index >= 15 is 0 Å². The minimum absolute atomic E-state index is 0.0138. The molecule has 0 aliphatic heterocycles. The first-order chi connectivity index (χ1) is 11.0. The standard InChI is InChI=1S/C14H15FN4S4/c15-10-1-2-11(9(5-10)7-22-14(18)19)23-12-8(3-4-20-12)6-21-13(16)17/h1-5H,6-7H2,(H3,16,17)(H3,18,19). The Labute approximate surface area is 150 Å². The second-order valence-electron chi connectivity index (χ2n) is 4.39. The maximum absolute atomic E-state index is 13.5. The first-order valence-corrected chi connectivity index (χ1v) is 10.1. The number of rotatable bonds is 6. The fraction of sp³-hybridized carbons (Fsp3) is 0.143. The molecule has 0 unspecified atom stereocenters. The van der Waals surface area contributed by atoms with Gasteiger partial charge in [-0.2, -0.15) is 0 Å². The van der Waals surface area contributed by atoms with Gasteiger partial charge in [-0.05, 0) is 40.8 Å². The molecule has 2 aromatic rings. The fourth-order valence-corrected chi connectivity index (χ4v) is 5.21. The van der Waals surface area contributed by atoms with E-state index in [1.54, 1.807) is 29.2 Å². The van der Waals surface area contributed by atoms with Gasteiger partial charge in [-0.15, -0.1) is 11.3 Å². The van der Waals surface area contributed by atoms with Gasteiger partial charge < -0.3 is 11.5 Å². The first-order valence-electron chi connectivity index (χ1n) is 6.42. The van der Waals surface area contributed by atoms with Crippen LogP contribution >= 0.6 is 46.6 Å². The molecule has 0 spiro atoms. The second kappa shape index (κ2) is 8.62. The molecule has 9 heteroatoms. The molecule has 4 nitrogen and oxygen atoms in total. The number of nitrogens with one attached hydrogen (secondary N) is 2. The highest BCUT2D eigenvalue weighted by Crippen LogP contribution is 2.39. The summed E-state index contributed by atoms with van der Waals surface area (Å²) in [6.07, 6.45) is 0. The smallest absolute Gasteiger partial charge is 0.151 e. The lowest BCUT2D eigenvalue weighted by molar-refractivity contribution is 0.625. The van der Waals surface area contributed by atoms with Crippen LogP contribution < -0.4 is 11.5 Å². The van der Waals surface area contributed by atoms with Crippen LogP contribution in [0.3, 0.4) is 0 Å². The van der Waals surface area contributed by atoms with E-state index in [0.29, 0.717) is 11.5 Å². The summed E-state index contributed by atoms with van der Waals surface area (Å²) in [6.45, 7) is 0. The number of hydrogen-bond donors (Lipinski definition) is 4. The van der Waals surface area contributed by atoms with Gasteiger partial charge in [-0.1, -0.05) is 35.3 Å². The van der Waals surface area contributed by atoms with Crippen LogP contribution in [0.25, 0.3) is 0 Å². The molecular weight excluding hydrogens is 371 g/mol. The van der Waals surface area contributed by atoms with E-state index in [9.17, 15) is 4.39 Å². The van der Waals surface area contributed by atoms with Gasteiger partial charge in [0.15, 0.2) is 10.3 Å². The van der Waals surface area contributed by atoms with E-state index in [0.717, 1.165) is 20.2 Å². The lowest BCUT2D eigenvalue weighted by Crippen LogP contribution is -2.04. The Morgan fingerprint density at radius 3 is 2.35 bits per heavy atom. The van der Waals surface area contributed by atoms with Gasteiger partial charge in [0, 0.05) is 16.4 Å². The van der Waals surface area contributed by atoms with Gasteiger partial charge in [0.25, 0.3) is 0 Å². The molecule has 6 N–H and O–H groups in total. The monoisotopic (exact) mass is 386 g/mol. The van der Waals surface area contributed by atoms with Crippen LogP contribution in [0, 0.1) is 16.6 Å². The number of thioether (sulfide) groups is 2. The van der Waals surface area contributed by atoms with Crippen molar-refractivity contribution < 1.29 is 4.39 Å². The van der Waals surface area contributed by atoms with Gasteiger partial charge in [-0.3, -0.25) is 10.8 Å². The second-order valence-corrected chi connectivity index (χ2v) is 8.65. The van der Waals surface area contributed by atoms with Crippen molar-refractivity contribution in [2.75, 3.05) is 0 Å². The molecule has 0 saturated heterocycles. The first kappa shape index (κ1) is 18.2. The summed E-state index contributed by atoms with van der Waals surface area (Å²) in [5.74, 6) is 0.796. The SMILES string of the molecule is N=C(N)SCc1cc(F)ccc1Sc1sccc1CSC(=N)N. The highest BCUT2D eigenvalue weighted by Gasteiger charge is 2.12. The zero-order valence-corrected chi connectivity index (χ0v) is 15.2. The minimum Gasteiger partial charge on any atom is -0.379 e. The van der Waals surface area contributed by atoms with E-state index in [2.05, 4.69) is 0 Å². The molecule has 23 heavy (non-hydrogen) atoms. The summed E-state index contributed by atoms with van der Waals surface area (Å²) in [5, 5.41) is 16.7. The van der Waals surface area contributed by atoms with E-state index in [-0.39, 0.29) is 16.2 Å². The summed E-state index contributed by atoms with van der Waals surface area (Å²) in [5.41, 5.74) is 12.7. The van der Waals surface area contributed by atoms with Gasteiger partial charge in [0.2, 0.25) is 0 Å². The van der Waals surface area contributed by atoms with Gasteiger partial charge in [-0.25, -0.2) is 4.39 Å². The Kier molecular flexibility index (Phi) is 6.82. The molecule has 122 valence electrons. The van der Waals surface area contributed by atoms with Gasteiger partial charge in [0.05, 0.1) is 4.21 Å². The van der Waals surface area contributed by atoms with Crippen LogP contribution in [0.2, 0.25) is 0 Å². The molecule has 0 fully saturated rings. The molecule has 1 aromatic heterocycles. The average Bonchev–Trinajstić information content (AvgIpc) is 2.92. The largest absolute Gasteiger partial charge is 0.379 e. The van der Waals surface area contributed by atoms with Crippen molar-refractivity contribution in [3.05, 3.63) is 46.6 Å². The predicted octanol–water partition coefficient (Wildman–Crippen LogP) is 4.29. The summed E-state index contributed by atoms with van der Waals surface area (Å²) < 4.78 is 14.6. The maximum Gasteiger partial charge on any atom is 0.151 e. The molecule has 0 amide bonds. The van der Waals surface area contributed by atoms with Crippen molar-refractivity contribution in [1.29, 1.82) is 10.8 Å². The zero-order chi connectivity index (χ0) is 16.8. The van der Waals surface area contributed by atoms with Crippen LogP contribution in [0.15, 0.2) is 38.8 Å². The third-order valence-electron chi connectivity index (χ3n) is 2.70. The molecule has 0 saturated carbocycles. The molecule has 2 rings (SSSR count). The highest BCUT2D eigenvalue weighted by atomic mass is 32.2. The lowest BCUT2D eigenvalue weighted by Gasteiger charge is -2.09. The Balaban J connectivity index is 2.18. The molecule has 0 aliphatic carbocycles. The van der Waals surface area contributed by atoms with Crippen LogP contribution in [-0.4, -0.2) is 10.3 Å². The van der Waals surface area contributed by atoms with Crippen molar-refractivity contribution in [1.82, 2.24) is 0 Å². The Morgan fingerprint density at radius 1 is 1.04 bits per heavy atom. The van der Waals surface area contributed by atoms with Crippen molar-refractivity contribution in [3.8, 4) is 0 Å². The van der Waals surface area contributed by atoms with Crippen molar-refractivity contribution >= 4 is 57.0 Å². The Morgan fingerprint density at radius 2 is 1.70 bits per heavy atom. The summed E-state index contributed by atoms with van der Waals surface area (Å²) in [6, 6.07) is 6.67. The Hall–Kier alpha value is -1.16. The third-order valence-corrected chi connectivity index (χ3v) is 6.58. The number of benzene rings is 1. The fourth-order valence-electron chi connectivity index (χ4n) is 1.69. The van der Waals surface area contributed by atoms with E-state index in [1.165, 1.54) is 35.7 Å². The van der Waals surface area contributed by atoms with Crippen LogP contribution in [-0.2, 0) is 11.5 Å². The topological polar surface area (TPSA) is 99.7 Å². The lowest BCUT2D eigenvalue weighted by atomic mass is 10.2. The van der Waals surface area contributed by atoms with Gasteiger partial charge >= 0.3 is 0 Å². The molecule has 1 aromatic carbocycles. The van der Waals surface area contributed by atoms with E-state index < -0.39 is 0 Å². The molecule has 0 aliphatic rings. The number of halogens is 1. The molecule has 0 bridgehead atoms. The number of hydrogen-bond acceptors (Lipinski definition) is 6. The average molecular weight is 387 g/mol. The normalized spacial score (nSPS) is 10.7. The van der Waals surface area contributed by atoms with E-state index in [4.69, 9.17) is 22.3 Å². The quantitative estimate of drug-likeness (QED) is 0.438. The summed E-state index contributed by atoms with van der Waals surface area (Å²) >= 11 is 5.62. The minimum atomic E-state index is -0.299. The van der Waals surface area contributed by atoms with Crippen LogP contribution in [0.1, 0.15) is 11.1 Å². The summed E-state index contributed by atoms with van der Waals surface area (Å²) in [4.78, 5) is 0.941. The maximum atomic E-state index is 13.5. The molecule has 0 radical (unpaired) electrons. The molecule has 0 atom stereocenters. The van der Waals surface area contributed by atoms with Crippen molar-refractivity contribution in [2.45, 2.75) is 20.6 Å². The molecule has 1 heterocycles. The predicted molar refractivity (Wildman–Crippen MR) is 101 cm³/mol. The van der Waals surface area contributed by atoms with Crippen molar-refractivity contribution in [2.24, 2.45) is 11.5 Å². The highest BCUT2D eigenvalue weighted by molar-refractivity contribution is 8.13. The van der Waals surface area contributed by atoms with Crippen LogP contribution in [0.5, 0.6) is 0 Å². The van der Waals surface area contributed by atoms with E-state index in [1.807, 2.05) is 11.4 Å². The Bertz CT molecular complexity index is 717. The zero-order valence-electron chi connectivity index (χ0n) is 12.0. The number of amidine groups is 2. The molecular formula is C14H15FN4S4. The van der Waals surface area contributed by atoms with Crippen LogP contribution in [0.4, 0.5) is 4.39 Å². The number of thiophene rings is 1. The summed E-state index contributed by atoms with van der Waals surface area (Å²) in [7, 11) is 0. The third kappa shape index (κ3) is 5.76. The number of nitrogens with two attached hydrogens (primary N) is 2.